The zero-order valence-corrected chi connectivity index (χ0v) is 16.2. The second kappa shape index (κ2) is 7.39. The number of amides is 3. The predicted molar refractivity (Wildman–Crippen MR) is 106 cm³/mol. The van der Waals surface area contributed by atoms with Gasteiger partial charge < -0.3 is 20.6 Å². The molecule has 0 spiro atoms. The van der Waals surface area contributed by atoms with Crippen molar-refractivity contribution in [2.24, 2.45) is 0 Å². The molecular formula is C22H24FN3O3. The maximum atomic E-state index is 13.5. The number of halogens is 1. The van der Waals surface area contributed by atoms with E-state index in [1.165, 1.54) is 17.7 Å². The number of hydrogen-bond donors (Lipinski definition) is 3. The zero-order valence-electron chi connectivity index (χ0n) is 16.2. The van der Waals surface area contributed by atoms with Crippen LogP contribution in [0.15, 0.2) is 48.5 Å². The quantitative estimate of drug-likeness (QED) is 0.739. The molecule has 1 atom stereocenters. The van der Waals surface area contributed by atoms with E-state index >= 15 is 0 Å². The van der Waals surface area contributed by atoms with Crippen LogP contribution >= 0.6 is 0 Å². The second-order valence-electron chi connectivity index (χ2n) is 8.14. The summed E-state index contributed by atoms with van der Waals surface area (Å²) in [6.45, 7) is 2.39. The third kappa shape index (κ3) is 3.90. The molecular weight excluding hydrogens is 373 g/mol. The maximum absolute atomic E-state index is 13.5. The van der Waals surface area contributed by atoms with Crippen molar-refractivity contribution in [1.82, 2.24) is 15.5 Å². The number of carbonyl (C=O) groups is 2. The summed E-state index contributed by atoms with van der Waals surface area (Å²) < 4.78 is 13.5. The molecule has 7 heteroatoms. The minimum absolute atomic E-state index is 0.0783. The van der Waals surface area contributed by atoms with Crippen molar-refractivity contribution in [3.05, 3.63) is 71.0 Å². The highest BCUT2D eigenvalue weighted by atomic mass is 19.1. The lowest BCUT2D eigenvalue weighted by Crippen LogP contribution is -2.63. The average molecular weight is 397 g/mol. The highest BCUT2D eigenvalue weighted by Gasteiger charge is 2.43. The average Bonchev–Trinajstić information content (AvgIpc) is 2.66. The van der Waals surface area contributed by atoms with E-state index in [4.69, 9.17) is 5.11 Å². The minimum atomic E-state index is -1.05. The standard InChI is InChI=1S/C22H24FN3O3/c1-22(25-21(28)29)12-17(13-22)24-20(27)26-11-10-14-4-2-3-5-18(14)19(26)15-6-8-16(23)9-7-15/h2-9,17,19,25H,10-13H2,1H3,(H,24,27)(H,28,29)/t17-,19-,22+/m0/s1. The fourth-order valence-corrected chi connectivity index (χ4v) is 4.54. The number of urea groups is 1. The van der Waals surface area contributed by atoms with E-state index in [1.54, 1.807) is 17.0 Å². The minimum Gasteiger partial charge on any atom is -0.465 e. The Bertz CT molecular complexity index is 925. The Morgan fingerprint density at radius 1 is 1.14 bits per heavy atom. The molecule has 0 saturated heterocycles. The smallest absolute Gasteiger partial charge is 0.405 e. The monoisotopic (exact) mass is 397 g/mol. The molecule has 4 rings (SSSR count). The van der Waals surface area contributed by atoms with Crippen LogP contribution in [0.2, 0.25) is 0 Å². The van der Waals surface area contributed by atoms with E-state index in [9.17, 15) is 14.0 Å². The first-order chi connectivity index (χ1) is 13.8. The number of carbonyl (C=O) groups excluding carboxylic acids is 1. The summed E-state index contributed by atoms with van der Waals surface area (Å²) in [7, 11) is 0. The van der Waals surface area contributed by atoms with Gasteiger partial charge in [-0.3, -0.25) is 0 Å². The van der Waals surface area contributed by atoms with E-state index in [2.05, 4.69) is 16.7 Å². The Morgan fingerprint density at radius 3 is 2.52 bits per heavy atom. The van der Waals surface area contributed by atoms with Crippen LogP contribution in [0.1, 0.15) is 42.5 Å². The molecule has 1 heterocycles. The van der Waals surface area contributed by atoms with Crippen molar-refractivity contribution < 1.29 is 19.1 Å². The maximum Gasteiger partial charge on any atom is 0.405 e. The second-order valence-corrected chi connectivity index (χ2v) is 8.14. The van der Waals surface area contributed by atoms with Crippen LogP contribution in [0.5, 0.6) is 0 Å². The number of hydrogen-bond acceptors (Lipinski definition) is 2. The zero-order chi connectivity index (χ0) is 20.6. The molecule has 0 bridgehead atoms. The number of benzene rings is 2. The third-order valence-electron chi connectivity index (χ3n) is 5.86. The van der Waals surface area contributed by atoms with Crippen molar-refractivity contribution >= 4 is 12.1 Å². The van der Waals surface area contributed by atoms with Gasteiger partial charge in [-0.05, 0) is 55.0 Å². The lowest BCUT2D eigenvalue weighted by molar-refractivity contribution is 0.121. The topological polar surface area (TPSA) is 81.7 Å². The van der Waals surface area contributed by atoms with Crippen molar-refractivity contribution in [2.45, 2.75) is 43.8 Å². The SMILES string of the molecule is C[C@]1(NC(=O)O)C[C@@H](NC(=O)N2CCc3ccccc3[C@@H]2c2ccc(F)cc2)C1. The van der Waals surface area contributed by atoms with Crippen LogP contribution in [0.25, 0.3) is 0 Å². The van der Waals surface area contributed by atoms with Crippen LogP contribution in [-0.2, 0) is 6.42 Å². The van der Waals surface area contributed by atoms with Gasteiger partial charge >= 0.3 is 12.1 Å². The summed E-state index contributed by atoms with van der Waals surface area (Å²) in [5.41, 5.74) is 2.59. The first-order valence-corrected chi connectivity index (χ1v) is 9.76. The Labute approximate surface area is 168 Å². The van der Waals surface area contributed by atoms with Gasteiger partial charge in [0.1, 0.15) is 5.82 Å². The molecule has 3 N–H and O–H groups in total. The van der Waals surface area contributed by atoms with Gasteiger partial charge in [-0.25, -0.2) is 14.0 Å². The predicted octanol–water partition coefficient (Wildman–Crippen LogP) is 3.67. The van der Waals surface area contributed by atoms with Gasteiger partial charge in [0, 0.05) is 18.1 Å². The highest BCUT2D eigenvalue weighted by Crippen LogP contribution is 2.36. The van der Waals surface area contributed by atoms with Crippen LogP contribution in [-0.4, -0.2) is 40.3 Å². The van der Waals surface area contributed by atoms with Gasteiger partial charge in [0.25, 0.3) is 0 Å². The fourth-order valence-electron chi connectivity index (χ4n) is 4.54. The molecule has 2 aliphatic rings. The van der Waals surface area contributed by atoms with E-state index in [1.807, 2.05) is 25.1 Å². The largest absolute Gasteiger partial charge is 0.465 e. The lowest BCUT2D eigenvalue weighted by atomic mass is 9.74. The van der Waals surface area contributed by atoms with E-state index in [-0.39, 0.29) is 23.9 Å². The summed E-state index contributed by atoms with van der Waals surface area (Å²) >= 11 is 0. The van der Waals surface area contributed by atoms with Crippen molar-refractivity contribution in [1.29, 1.82) is 0 Å². The van der Waals surface area contributed by atoms with Crippen molar-refractivity contribution in [3.63, 3.8) is 0 Å². The molecule has 0 unspecified atom stereocenters. The molecule has 0 radical (unpaired) electrons. The highest BCUT2D eigenvalue weighted by molar-refractivity contribution is 5.76. The number of nitrogens with zero attached hydrogens (tertiary/aromatic N) is 1. The molecule has 152 valence electrons. The van der Waals surface area contributed by atoms with Crippen LogP contribution in [0.4, 0.5) is 14.0 Å². The molecule has 1 saturated carbocycles. The van der Waals surface area contributed by atoms with E-state index in [0.29, 0.717) is 19.4 Å². The van der Waals surface area contributed by atoms with Gasteiger partial charge in [-0.15, -0.1) is 0 Å². The Balaban J connectivity index is 1.53. The van der Waals surface area contributed by atoms with Gasteiger partial charge in [0.15, 0.2) is 0 Å². The summed E-state index contributed by atoms with van der Waals surface area (Å²) in [4.78, 5) is 25.8. The first-order valence-electron chi connectivity index (χ1n) is 9.76. The van der Waals surface area contributed by atoms with Gasteiger partial charge in [0.2, 0.25) is 0 Å². The Kier molecular flexibility index (Phi) is 4.90. The molecule has 1 aliphatic heterocycles. The number of carboxylic acid groups (broad SMARTS) is 1. The lowest BCUT2D eigenvalue weighted by Gasteiger charge is -2.46. The van der Waals surface area contributed by atoms with Gasteiger partial charge in [-0.2, -0.15) is 0 Å². The Hall–Kier alpha value is -3.09. The van der Waals surface area contributed by atoms with Crippen molar-refractivity contribution in [2.75, 3.05) is 6.54 Å². The first kappa shape index (κ1) is 19.2. The molecule has 2 aromatic carbocycles. The van der Waals surface area contributed by atoms with E-state index in [0.717, 1.165) is 17.5 Å². The van der Waals surface area contributed by atoms with Crippen LogP contribution in [0.3, 0.4) is 0 Å². The summed E-state index contributed by atoms with van der Waals surface area (Å²) in [6.07, 6.45) is 0.804. The fraction of sp³-hybridized carbons (Fsp3) is 0.364. The summed E-state index contributed by atoms with van der Waals surface area (Å²) in [5.74, 6) is -0.312. The summed E-state index contributed by atoms with van der Waals surface area (Å²) in [5, 5.41) is 14.5. The molecule has 1 fully saturated rings. The molecule has 2 aromatic rings. The number of fused-ring (bicyclic) bond motifs is 1. The normalized spacial score (nSPS) is 25.5. The van der Waals surface area contributed by atoms with Crippen LogP contribution in [0, 0.1) is 5.82 Å². The van der Waals surface area contributed by atoms with Crippen LogP contribution < -0.4 is 10.6 Å². The van der Waals surface area contributed by atoms with E-state index < -0.39 is 11.6 Å². The van der Waals surface area contributed by atoms with Gasteiger partial charge in [0.05, 0.1) is 6.04 Å². The molecule has 29 heavy (non-hydrogen) atoms. The van der Waals surface area contributed by atoms with Gasteiger partial charge in [-0.1, -0.05) is 36.4 Å². The molecule has 1 aliphatic carbocycles. The number of rotatable bonds is 3. The van der Waals surface area contributed by atoms with Crippen molar-refractivity contribution in [3.8, 4) is 0 Å². The number of nitrogens with one attached hydrogen (secondary N) is 2. The molecule has 0 aromatic heterocycles. The summed E-state index contributed by atoms with van der Waals surface area (Å²) in [6, 6.07) is 13.7. The molecule has 6 nitrogen and oxygen atoms in total. The molecule has 3 amide bonds. The third-order valence-corrected chi connectivity index (χ3v) is 5.86. The Morgan fingerprint density at radius 2 is 1.83 bits per heavy atom.